The van der Waals surface area contributed by atoms with Gasteiger partial charge in [0.2, 0.25) is 29.5 Å². The number of benzene rings is 2. The van der Waals surface area contributed by atoms with Crippen molar-refractivity contribution in [1.82, 2.24) is 26.6 Å². The molecule has 10 nitrogen and oxygen atoms in total. The van der Waals surface area contributed by atoms with Crippen molar-refractivity contribution in [2.24, 2.45) is 0 Å². The van der Waals surface area contributed by atoms with E-state index in [0.29, 0.717) is 5.56 Å². The normalized spacial score (nSPS) is 12.4. The number of aryl methyl sites for hydroxylation is 1. The summed E-state index contributed by atoms with van der Waals surface area (Å²) in [6.07, 6.45) is -0.277. The molecule has 5 N–H and O–H groups in total. The minimum Gasteiger partial charge on any atom is -0.355 e. The summed E-state index contributed by atoms with van der Waals surface area (Å²) >= 11 is 5.46. The van der Waals surface area contributed by atoms with Crippen LogP contribution < -0.4 is 26.6 Å². The molecule has 43 heavy (non-hydrogen) atoms. The number of halogens is 2. The predicted molar refractivity (Wildman–Crippen MR) is 162 cm³/mol. The third-order valence-corrected chi connectivity index (χ3v) is 6.41. The molecule has 12 heteroatoms. The van der Waals surface area contributed by atoms with E-state index in [4.69, 9.17) is 11.6 Å². The molecule has 0 bridgehead atoms. The SMILES string of the molecule is Cc1ccc(CNC(=O)[C@H](Cc2cccc(F)c2)NC(=O)[C@H](CCC(=O)NC(C)(C)C)NC(=O)CCNC(=O)CCl)cc1. The lowest BCUT2D eigenvalue weighted by molar-refractivity contribution is -0.133. The van der Waals surface area contributed by atoms with Crippen molar-refractivity contribution in [1.29, 1.82) is 0 Å². The number of carbonyl (C=O) groups is 5. The molecule has 0 saturated heterocycles. The molecule has 0 spiro atoms. The Bertz CT molecular complexity index is 1270. The molecule has 0 aromatic heterocycles. The van der Waals surface area contributed by atoms with Crippen LogP contribution in [0.15, 0.2) is 48.5 Å². The Hall–Kier alpha value is -3.99. The van der Waals surface area contributed by atoms with Crippen molar-refractivity contribution >= 4 is 41.1 Å². The van der Waals surface area contributed by atoms with Gasteiger partial charge in [0.15, 0.2) is 0 Å². The second-order valence-electron chi connectivity index (χ2n) is 11.3. The molecule has 2 atom stereocenters. The van der Waals surface area contributed by atoms with Crippen molar-refractivity contribution < 1.29 is 28.4 Å². The van der Waals surface area contributed by atoms with Gasteiger partial charge in [-0.2, -0.15) is 0 Å². The number of hydrogen-bond acceptors (Lipinski definition) is 5. The van der Waals surface area contributed by atoms with Crippen LogP contribution >= 0.6 is 11.6 Å². The number of rotatable bonds is 15. The summed E-state index contributed by atoms with van der Waals surface area (Å²) < 4.78 is 13.9. The van der Waals surface area contributed by atoms with Crippen LogP contribution in [-0.4, -0.2) is 59.6 Å². The molecular formula is C31H41ClFN5O5. The lowest BCUT2D eigenvalue weighted by Crippen LogP contribution is -2.54. The van der Waals surface area contributed by atoms with E-state index >= 15 is 0 Å². The molecule has 2 aromatic carbocycles. The highest BCUT2D eigenvalue weighted by atomic mass is 35.5. The zero-order valence-corrected chi connectivity index (χ0v) is 25.8. The average Bonchev–Trinajstić information content (AvgIpc) is 2.93. The van der Waals surface area contributed by atoms with Crippen LogP contribution in [0.3, 0.4) is 0 Å². The standard InChI is InChI=1S/C31H41ClFN5O5/c1-20-8-10-21(11-9-20)19-35-29(42)25(17-22-6-5-7-23(33)16-22)37-30(43)24(12-13-27(40)38-31(2,3)4)36-26(39)14-15-34-28(41)18-32/h5-11,16,24-25H,12-15,17-19H2,1-4H3,(H,34,41)(H,35,42)(H,36,39)(H,37,43)(H,38,40)/t24-,25-/m0/s1. The van der Waals surface area contributed by atoms with Crippen molar-refractivity contribution in [2.45, 2.75) is 77.5 Å². The first-order chi connectivity index (χ1) is 20.3. The van der Waals surface area contributed by atoms with Crippen LogP contribution in [0, 0.1) is 12.7 Å². The van der Waals surface area contributed by atoms with E-state index in [9.17, 15) is 28.4 Å². The van der Waals surface area contributed by atoms with Crippen LogP contribution in [0.2, 0.25) is 0 Å². The molecule has 2 rings (SSSR count). The van der Waals surface area contributed by atoms with E-state index in [1.807, 2.05) is 52.0 Å². The van der Waals surface area contributed by atoms with Crippen LogP contribution in [0.1, 0.15) is 56.7 Å². The van der Waals surface area contributed by atoms with Crippen LogP contribution in [0.25, 0.3) is 0 Å². The molecule has 0 aliphatic heterocycles. The summed E-state index contributed by atoms with van der Waals surface area (Å²) in [5.74, 6) is -3.24. The molecule has 0 heterocycles. The topological polar surface area (TPSA) is 146 Å². The third kappa shape index (κ3) is 14.2. The first-order valence-electron chi connectivity index (χ1n) is 14.1. The second kappa shape index (κ2) is 17.2. The summed E-state index contributed by atoms with van der Waals surface area (Å²) in [6, 6.07) is 11.0. The van der Waals surface area contributed by atoms with Crippen molar-refractivity contribution in [2.75, 3.05) is 12.4 Å². The van der Waals surface area contributed by atoms with E-state index in [-0.39, 0.29) is 50.6 Å². The predicted octanol–water partition coefficient (Wildman–Crippen LogP) is 2.40. The molecule has 0 unspecified atom stereocenters. The smallest absolute Gasteiger partial charge is 0.243 e. The van der Waals surface area contributed by atoms with E-state index in [1.165, 1.54) is 18.2 Å². The highest BCUT2D eigenvalue weighted by Gasteiger charge is 2.28. The lowest BCUT2D eigenvalue weighted by Gasteiger charge is -2.24. The van der Waals surface area contributed by atoms with Gasteiger partial charge in [-0.3, -0.25) is 24.0 Å². The minimum absolute atomic E-state index is 0.000150. The Balaban J connectivity index is 2.20. The van der Waals surface area contributed by atoms with Gasteiger partial charge in [0, 0.05) is 37.9 Å². The molecule has 234 valence electrons. The van der Waals surface area contributed by atoms with Gasteiger partial charge < -0.3 is 26.6 Å². The molecule has 0 aliphatic rings. The Kier molecular flexibility index (Phi) is 14.1. The Morgan fingerprint density at radius 1 is 0.814 bits per heavy atom. The summed E-state index contributed by atoms with van der Waals surface area (Å²) in [7, 11) is 0. The number of alkyl halides is 1. The first-order valence-corrected chi connectivity index (χ1v) is 14.6. The summed E-state index contributed by atoms with van der Waals surface area (Å²) in [4.78, 5) is 63.3. The number of nitrogens with one attached hydrogen (secondary N) is 5. The van der Waals surface area contributed by atoms with E-state index in [1.54, 1.807) is 6.07 Å². The third-order valence-electron chi connectivity index (χ3n) is 6.17. The molecular weight excluding hydrogens is 577 g/mol. The van der Waals surface area contributed by atoms with Crippen molar-refractivity contribution in [3.8, 4) is 0 Å². The van der Waals surface area contributed by atoms with E-state index < -0.39 is 47.1 Å². The van der Waals surface area contributed by atoms with Crippen LogP contribution in [0.5, 0.6) is 0 Å². The highest BCUT2D eigenvalue weighted by Crippen LogP contribution is 2.10. The maximum absolute atomic E-state index is 13.9. The fourth-order valence-electron chi connectivity index (χ4n) is 4.05. The van der Waals surface area contributed by atoms with Gasteiger partial charge in [0.25, 0.3) is 0 Å². The van der Waals surface area contributed by atoms with Gasteiger partial charge in [-0.15, -0.1) is 11.6 Å². The fourth-order valence-corrected chi connectivity index (χ4v) is 4.15. The Morgan fingerprint density at radius 3 is 2.14 bits per heavy atom. The number of carbonyl (C=O) groups excluding carboxylic acids is 5. The molecule has 0 radical (unpaired) electrons. The molecule has 0 aliphatic carbocycles. The first kappa shape index (κ1) is 35.2. The van der Waals surface area contributed by atoms with E-state index in [2.05, 4.69) is 26.6 Å². The molecule has 2 aromatic rings. The van der Waals surface area contributed by atoms with Gasteiger partial charge in [-0.05, 0) is 57.4 Å². The Labute approximate surface area is 256 Å². The Morgan fingerprint density at radius 2 is 1.51 bits per heavy atom. The molecule has 5 amide bonds. The largest absolute Gasteiger partial charge is 0.355 e. The fraction of sp³-hybridized carbons (Fsp3) is 0.452. The summed E-state index contributed by atoms with van der Waals surface area (Å²) in [5.41, 5.74) is 1.91. The summed E-state index contributed by atoms with van der Waals surface area (Å²) in [6.45, 7) is 7.61. The van der Waals surface area contributed by atoms with Gasteiger partial charge in [0.1, 0.15) is 23.8 Å². The molecule has 0 saturated carbocycles. The number of hydrogen-bond donors (Lipinski definition) is 5. The van der Waals surface area contributed by atoms with Crippen molar-refractivity contribution in [3.63, 3.8) is 0 Å². The maximum atomic E-state index is 13.9. The van der Waals surface area contributed by atoms with Gasteiger partial charge in [0.05, 0.1) is 0 Å². The van der Waals surface area contributed by atoms with E-state index in [0.717, 1.165) is 11.1 Å². The van der Waals surface area contributed by atoms with Crippen LogP contribution in [0.4, 0.5) is 4.39 Å². The van der Waals surface area contributed by atoms with Gasteiger partial charge >= 0.3 is 0 Å². The molecule has 0 fully saturated rings. The number of amides is 5. The summed E-state index contributed by atoms with van der Waals surface area (Å²) in [5, 5.41) is 13.4. The average molecular weight is 618 g/mol. The lowest BCUT2D eigenvalue weighted by atomic mass is 10.0. The second-order valence-corrected chi connectivity index (χ2v) is 11.6. The minimum atomic E-state index is -1.16. The highest BCUT2D eigenvalue weighted by molar-refractivity contribution is 6.27. The zero-order valence-electron chi connectivity index (χ0n) is 25.0. The van der Waals surface area contributed by atoms with Gasteiger partial charge in [-0.25, -0.2) is 4.39 Å². The quantitative estimate of drug-likeness (QED) is 0.195. The maximum Gasteiger partial charge on any atom is 0.243 e. The zero-order chi connectivity index (χ0) is 32.0. The van der Waals surface area contributed by atoms with Gasteiger partial charge in [-0.1, -0.05) is 42.0 Å². The van der Waals surface area contributed by atoms with Crippen LogP contribution in [-0.2, 0) is 36.9 Å². The monoisotopic (exact) mass is 617 g/mol. The van der Waals surface area contributed by atoms with Crippen molar-refractivity contribution in [3.05, 3.63) is 71.0 Å².